The Morgan fingerprint density at radius 3 is 2.41 bits per heavy atom. The summed E-state index contributed by atoms with van der Waals surface area (Å²) in [7, 11) is 0. The smallest absolute Gasteiger partial charge is 0.324 e. The molecule has 2 N–H and O–H groups in total. The van der Waals surface area contributed by atoms with Gasteiger partial charge < -0.3 is 15.5 Å². The minimum absolute atomic E-state index is 0.0809. The van der Waals surface area contributed by atoms with Crippen LogP contribution in [0.25, 0.3) is 0 Å². The number of pyridine rings is 1. The van der Waals surface area contributed by atoms with Crippen LogP contribution >= 0.6 is 0 Å². The molecule has 4 rings (SSSR count). The maximum absolute atomic E-state index is 12.8. The van der Waals surface area contributed by atoms with E-state index >= 15 is 0 Å². The highest BCUT2D eigenvalue weighted by molar-refractivity contribution is 5.94. The topological polar surface area (TPSA) is 68.9 Å². The number of rotatable bonds is 9. The Kier molecular flexibility index (Phi) is 7.60. The zero-order valence-corrected chi connectivity index (χ0v) is 19.2. The number of urea groups is 1. The quantitative estimate of drug-likeness (QED) is 0.654. The molecule has 7 heteroatoms. The molecule has 2 aliphatic heterocycles. The van der Waals surface area contributed by atoms with E-state index in [1.165, 1.54) is 12.0 Å². The molecule has 0 aliphatic carbocycles. The Balaban J connectivity index is 1.13. The van der Waals surface area contributed by atoms with Crippen molar-refractivity contribution in [3.63, 3.8) is 0 Å². The fourth-order valence-electron chi connectivity index (χ4n) is 4.57. The Morgan fingerprint density at radius 1 is 0.938 bits per heavy atom. The first kappa shape index (κ1) is 22.6. The molecule has 2 amide bonds. The number of nitrogen functional groups attached to an aromatic ring is 1. The van der Waals surface area contributed by atoms with Crippen LogP contribution in [0.4, 0.5) is 16.3 Å². The van der Waals surface area contributed by atoms with Crippen LogP contribution in [0.1, 0.15) is 25.3 Å². The minimum atomic E-state index is 0.0809. The maximum Gasteiger partial charge on any atom is 0.324 e. The number of nitrogens with two attached hydrogens (primary N) is 1. The van der Waals surface area contributed by atoms with E-state index in [2.05, 4.69) is 52.0 Å². The summed E-state index contributed by atoms with van der Waals surface area (Å²) < 4.78 is 0. The standard InChI is InChI=1S/C25H36N6O/c1-21(8-11-28-13-15-29(16-14-28)20-22-5-3-2-4-6-22)9-12-30-17-18-31(25(30)32)23-7-10-27-24(26)19-23/h2-7,10,19,21H,8-9,11-18,20H2,1H3,(H2,26,27). The first-order valence-electron chi connectivity index (χ1n) is 11.8. The SMILES string of the molecule is CC(CCN1CCN(Cc2ccccc2)CC1)CCN1CCN(c2ccnc(N)c2)C1=O. The predicted molar refractivity (Wildman–Crippen MR) is 130 cm³/mol. The van der Waals surface area contributed by atoms with Crippen molar-refractivity contribution in [3.8, 4) is 0 Å². The van der Waals surface area contributed by atoms with Crippen LogP contribution in [-0.4, -0.2) is 78.1 Å². The number of aromatic nitrogens is 1. The Hall–Kier alpha value is -2.64. The fraction of sp³-hybridized carbons (Fsp3) is 0.520. The summed E-state index contributed by atoms with van der Waals surface area (Å²) in [5.74, 6) is 1.05. The van der Waals surface area contributed by atoms with Crippen LogP contribution in [0.15, 0.2) is 48.7 Å². The molecule has 1 aromatic heterocycles. The molecule has 2 aliphatic rings. The van der Waals surface area contributed by atoms with E-state index in [4.69, 9.17) is 5.73 Å². The average Bonchev–Trinajstić information content (AvgIpc) is 3.18. The highest BCUT2D eigenvalue weighted by Crippen LogP contribution is 2.22. The number of anilines is 2. The van der Waals surface area contributed by atoms with Crippen molar-refractivity contribution in [2.24, 2.45) is 5.92 Å². The summed E-state index contributed by atoms with van der Waals surface area (Å²) in [4.78, 5) is 25.7. The van der Waals surface area contributed by atoms with E-state index in [0.717, 1.165) is 64.5 Å². The van der Waals surface area contributed by atoms with Crippen molar-refractivity contribution in [3.05, 3.63) is 54.2 Å². The average molecular weight is 437 g/mol. The van der Waals surface area contributed by atoms with Gasteiger partial charge in [0.15, 0.2) is 0 Å². The first-order chi connectivity index (χ1) is 15.6. The molecule has 0 radical (unpaired) electrons. The maximum atomic E-state index is 12.8. The molecular weight excluding hydrogens is 400 g/mol. The van der Waals surface area contributed by atoms with Gasteiger partial charge in [-0.2, -0.15) is 0 Å². The number of hydrogen-bond acceptors (Lipinski definition) is 5. The van der Waals surface area contributed by atoms with Crippen molar-refractivity contribution in [1.29, 1.82) is 0 Å². The van der Waals surface area contributed by atoms with Crippen LogP contribution in [0, 0.1) is 5.92 Å². The van der Waals surface area contributed by atoms with Crippen LogP contribution in [0.3, 0.4) is 0 Å². The lowest BCUT2D eigenvalue weighted by Gasteiger charge is -2.35. The summed E-state index contributed by atoms with van der Waals surface area (Å²) in [5, 5.41) is 0. The molecule has 2 fully saturated rings. The van der Waals surface area contributed by atoms with Gasteiger partial charge in [-0.05, 0) is 36.9 Å². The molecule has 1 atom stereocenters. The molecule has 0 saturated carbocycles. The van der Waals surface area contributed by atoms with Gasteiger partial charge in [-0.25, -0.2) is 9.78 Å². The van der Waals surface area contributed by atoms with Gasteiger partial charge in [0.2, 0.25) is 0 Å². The first-order valence-corrected chi connectivity index (χ1v) is 11.8. The molecule has 172 valence electrons. The number of amides is 2. The van der Waals surface area contributed by atoms with E-state index < -0.39 is 0 Å². The van der Waals surface area contributed by atoms with Gasteiger partial charge >= 0.3 is 6.03 Å². The third-order valence-corrected chi connectivity index (χ3v) is 6.72. The lowest BCUT2D eigenvalue weighted by atomic mass is 10.0. The van der Waals surface area contributed by atoms with Crippen molar-refractivity contribution in [2.45, 2.75) is 26.3 Å². The number of hydrogen-bond donors (Lipinski definition) is 1. The number of nitrogens with zero attached hydrogens (tertiary/aromatic N) is 5. The molecule has 1 unspecified atom stereocenters. The molecule has 2 saturated heterocycles. The van der Waals surface area contributed by atoms with E-state index in [-0.39, 0.29) is 6.03 Å². The largest absolute Gasteiger partial charge is 0.384 e. The Labute approximate surface area is 191 Å². The van der Waals surface area contributed by atoms with Gasteiger partial charge in [0, 0.05) is 64.6 Å². The number of piperazine rings is 1. The Morgan fingerprint density at radius 2 is 1.66 bits per heavy atom. The van der Waals surface area contributed by atoms with E-state index in [1.807, 2.05) is 11.0 Å². The highest BCUT2D eigenvalue weighted by atomic mass is 16.2. The fourth-order valence-corrected chi connectivity index (χ4v) is 4.57. The highest BCUT2D eigenvalue weighted by Gasteiger charge is 2.29. The molecule has 2 aromatic rings. The summed E-state index contributed by atoms with van der Waals surface area (Å²) >= 11 is 0. The van der Waals surface area contributed by atoms with Crippen molar-refractivity contribution < 1.29 is 4.79 Å². The van der Waals surface area contributed by atoms with E-state index in [9.17, 15) is 4.79 Å². The van der Waals surface area contributed by atoms with Gasteiger partial charge in [-0.3, -0.25) is 9.80 Å². The minimum Gasteiger partial charge on any atom is -0.384 e. The third-order valence-electron chi connectivity index (χ3n) is 6.72. The van der Waals surface area contributed by atoms with Gasteiger partial charge in [-0.1, -0.05) is 37.3 Å². The van der Waals surface area contributed by atoms with Gasteiger partial charge in [0.05, 0.1) is 5.69 Å². The molecule has 7 nitrogen and oxygen atoms in total. The second-order valence-electron chi connectivity index (χ2n) is 9.15. The number of carbonyl (C=O) groups excluding carboxylic acids is 1. The van der Waals surface area contributed by atoms with Crippen LogP contribution in [0.2, 0.25) is 0 Å². The lowest BCUT2D eigenvalue weighted by molar-refractivity contribution is 0.121. The summed E-state index contributed by atoms with van der Waals surface area (Å²) in [5.41, 5.74) is 8.01. The second kappa shape index (κ2) is 10.8. The molecule has 32 heavy (non-hydrogen) atoms. The molecule has 0 spiro atoms. The summed E-state index contributed by atoms with van der Waals surface area (Å²) in [6.07, 6.45) is 3.89. The lowest BCUT2D eigenvalue weighted by Crippen LogP contribution is -2.46. The number of carbonyl (C=O) groups is 1. The monoisotopic (exact) mass is 436 g/mol. The van der Waals surface area contributed by atoms with E-state index in [0.29, 0.717) is 18.3 Å². The van der Waals surface area contributed by atoms with Crippen molar-refractivity contribution >= 4 is 17.5 Å². The Bertz CT molecular complexity index is 868. The van der Waals surface area contributed by atoms with Gasteiger partial charge in [-0.15, -0.1) is 0 Å². The van der Waals surface area contributed by atoms with Crippen LogP contribution in [-0.2, 0) is 6.54 Å². The molecule has 0 bridgehead atoms. The molecule has 1 aromatic carbocycles. The molecular formula is C25H36N6O. The summed E-state index contributed by atoms with van der Waals surface area (Å²) in [6.45, 7) is 11.4. The van der Waals surface area contributed by atoms with Crippen LogP contribution in [0.5, 0.6) is 0 Å². The van der Waals surface area contributed by atoms with Gasteiger partial charge in [0.25, 0.3) is 0 Å². The second-order valence-corrected chi connectivity index (χ2v) is 9.15. The zero-order chi connectivity index (χ0) is 22.3. The van der Waals surface area contributed by atoms with Crippen molar-refractivity contribution in [2.75, 3.05) is 63.0 Å². The zero-order valence-electron chi connectivity index (χ0n) is 19.2. The summed E-state index contributed by atoms with van der Waals surface area (Å²) in [6, 6.07) is 14.4. The van der Waals surface area contributed by atoms with Gasteiger partial charge in [0.1, 0.15) is 5.82 Å². The predicted octanol–water partition coefficient (Wildman–Crippen LogP) is 3.14. The normalized spacial score (nSPS) is 19.0. The van der Waals surface area contributed by atoms with Crippen LogP contribution < -0.4 is 10.6 Å². The van der Waals surface area contributed by atoms with E-state index in [1.54, 1.807) is 17.2 Å². The number of benzene rings is 1. The molecule has 3 heterocycles. The third kappa shape index (κ3) is 5.99. The van der Waals surface area contributed by atoms with Crippen molar-refractivity contribution in [1.82, 2.24) is 19.7 Å².